The minimum atomic E-state index is -0.377. The summed E-state index contributed by atoms with van der Waals surface area (Å²) in [6.07, 6.45) is 0. The van der Waals surface area contributed by atoms with Crippen LogP contribution in [0.25, 0.3) is 0 Å². The average Bonchev–Trinajstić information content (AvgIpc) is 2.26. The lowest BCUT2D eigenvalue weighted by Gasteiger charge is -2.27. The van der Waals surface area contributed by atoms with E-state index in [0.717, 1.165) is 15.7 Å². The average molecular weight is 344 g/mol. The van der Waals surface area contributed by atoms with Gasteiger partial charge in [0.15, 0.2) is 0 Å². The van der Waals surface area contributed by atoms with Crippen molar-refractivity contribution >= 4 is 44.7 Å². The van der Waals surface area contributed by atoms with Crippen molar-refractivity contribution in [3.8, 4) is 0 Å². The van der Waals surface area contributed by atoms with Gasteiger partial charge in [0.05, 0.1) is 6.54 Å². The highest BCUT2D eigenvalue weighted by Gasteiger charge is 2.16. The zero-order valence-corrected chi connectivity index (χ0v) is 13.4. The number of carbonyl (C=O) groups excluding carboxylic acids is 1. The first-order valence-corrected chi connectivity index (χ1v) is 7.14. The first-order chi connectivity index (χ1) is 8.81. The Hall–Kier alpha value is -1.14. The van der Waals surface area contributed by atoms with Gasteiger partial charge < -0.3 is 16.4 Å². The van der Waals surface area contributed by atoms with Gasteiger partial charge in [0, 0.05) is 22.3 Å². The number of carbonyl (C=O) groups is 1. The molecule has 0 fully saturated rings. The zero-order valence-electron chi connectivity index (χ0n) is 11.0. The Kier molecular flexibility index (Phi) is 5.75. The highest BCUT2D eigenvalue weighted by atomic mass is 79.9. The largest absolute Gasteiger partial charge is 0.389 e. The van der Waals surface area contributed by atoms with Gasteiger partial charge in [-0.05, 0) is 24.1 Å². The molecule has 104 valence electrons. The van der Waals surface area contributed by atoms with Gasteiger partial charge >= 0.3 is 0 Å². The van der Waals surface area contributed by atoms with E-state index in [2.05, 4.69) is 29.8 Å². The van der Waals surface area contributed by atoms with Crippen LogP contribution in [0, 0.1) is 5.92 Å². The SMILES string of the molecule is CC(C)CN(CC(N)=O)c1ccc(Br)cc1C(N)=S. The van der Waals surface area contributed by atoms with E-state index in [1.165, 1.54) is 0 Å². The summed E-state index contributed by atoms with van der Waals surface area (Å²) >= 11 is 8.46. The molecule has 4 nitrogen and oxygen atoms in total. The van der Waals surface area contributed by atoms with Gasteiger partial charge in [-0.3, -0.25) is 4.79 Å². The van der Waals surface area contributed by atoms with Crippen molar-refractivity contribution in [1.29, 1.82) is 0 Å². The monoisotopic (exact) mass is 343 g/mol. The summed E-state index contributed by atoms with van der Waals surface area (Å²) in [6, 6.07) is 5.64. The Balaban J connectivity index is 3.20. The van der Waals surface area contributed by atoms with E-state index in [9.17, 15) is 4.79 Å². The van der Waals surface area contributed by atoms with Crippen LogP contribution in [0.1, 0.15) is 19.4 Å². The predicted octanol–water partition coefficient (Wildman–Crippen LogP) is 2.03. The van der Waals surface area contributed by atoms with Crippen molar-refractivity contribution in [2.45, 2.75) is 13.8 Å². The van der Waals surface area contributed by atoms with Gasteiger partial charge in [0.1, 0.15) is 4.99 Å². The van der Waals surface area contributed by atoms with Crippen LogP contribution in [-0.4, -0.2) is 24.0 Å². The molecule has 0 saturated heterocycles. The summed E-state index contributed by atoms with van der Waals surface area (Å²) in [5, 5.41) is 0. The summed E-state index contributed by atoms with van der Waals surface area (Å²) in [4.78, 5) is 13.4. The number of anilines is 1. The van der Waals surface area contributed by atoms with Gasteiger partial charge in [-0.1, -0.05) is 42.0 Å². The van der Waals surface area contributed by atoms with Crippen molar-refractivity contribution in [2.75, 3.05) is 18.0 Å². The Bertz CT molecular complexity index is 491. The Morgan fingerprint density at radius 1 is 1.42 bits per heavy atom. The molecule has 0 radical (unpaired) electrons. The third-order valence-corrected chi connectivity index (χ3v) is 3.21. The van der Waals surface area contributed by atoms with Crippen LogP contribution in [-0.2, 0) is 4.79 Å². The van der Waals surface area contributed by atoms with Crippen LogP contribution in [0.2, 0.25) is 0 Å². The van der Waals surface area contributed by atoms with Crippen molar-refractivity contribution in [1.82, 2.24) is 0 Å². The maximum Gasteiger partial charge on any atom is 0.236 e. The van der Waals surface area contributed by atoms with E-state index >= 15 is 0 Å². The third-order valence-electron chi connectivity index (χ3n) is 2.50. The molecule has 4 N–H and O–H groups in total. The van der Waals surface area contributed by atoms with Gasteiger partial charge in [0.2, 0.25) is 5.91 Å². The molecule has 0 aliphatic heterocycles. The molecule has 1 aromatic rings. The van der Waals surface area contributed by atoms with E-state index in [0.29, 0.717) is 17.5 Å². The summed E-state index contributed by atoms with van der Waals surface area (Å²) < 4.78 is 0.891. The lowest BCUT2D eigenvalue weighted by molar-refractivity contribution is -0.116. The van der Waals surface area contributed by atoms with E-state index in [1.54, 1.807) is 0 Å². The van der Waals surface area contributed by atoms with Crippen LogP contribution >= 0.6 is 28.1 Å². The summed E-state index contributed by atoms with van der Waals surface area (Å²) in [5.74, 6) is 0.0136. The quantitative estimate of drug-likeness (QED) is 0.775. The number of benzene rings is 1. The Morgan fingerprint density at radius 2 is 2.05 bits per heavy atom. The van der Waals surface area contributed by atoms with Gasteiger partial charge in [0.25, 0.3) is 0 Å². The van der Waals surface area contributed by atoms with Crippen LogP contribution in [0.4, 0.5) is 5.69 Å². The molecule has 1 aromatic carbocycles. The lowest BCUT2D eigenvalue weighted by Crippen LogP contribution is -2.37. The van der Waals surface area contributed by atoms with E-state index in [1.807, 2.05) is 23.1 Å². The molecule has 0 aliphatic carbocycles. The van der Waals surface area contributed by atoms with Crippen molar-refractivity contribution in [3.05, 3.63) is 28.2 Å². The van der Waals surface area contributed by atoms with Crippen LogP contribution in [0.3, 0.4) is 0 Å². The van der Waals surface area contributed by atoms with Crippen molar-refractivity contribution in [3.63, 3.8) is 0 Å². The molecular weight excluding hydrogens is 326 g/mol. The fraction of sp³-hybridized carbons (Fsp3) is 0.385. The number of nitrogens with zero attached hydrogens (tertiary/aromatic N) is 1. The fourth-order valence-corrected chi connectivity index (χ4v) is 2.38. The van der Waals surface area contributed by atoms with Crippen molar-refractivity contribution in [2.24, 2.45) is 17.4 Å². The summed E-state index contributed by atoms with van der Waals surface area (Å²) in [6.45, 7) is 5.01. The molecule has 0 spiro atoms. The first-order valence-electron chi connectivity index (χ1n) is 5.94. The third kappa shape index (κ3) is 4.80. The molecular formula is C13H18BrN3OS. The Labute approximate surface area is 127 Å². The molecule has 0 aliphatic rings. The number of nitrogens with two attached hydrogens (primary N) is 2. The minimum Gasteiger partial charge on any atom is -0.389 e. The van der Waals surface area contributed by atoms with Crippen molar-refractivity contribution < 1.29 is 4.79 Å². The smallest absolute Gasteiger partial charge is 0.236 e. The van der Waals surface area contributed by atoms with Gasteiger partial charge in [-0.25, -0.2) is 0 Å². The molecule has 1 rings (SSSR count). The van der Waals surface area contributed by atoms with Crippen LogP contribution < -0.4 is 16.4 Å². The maximum absolute atomic E-state index is 11.2. The summed E-state index contributed by atoms with van der Waals surface area (Å²) in [7, 11) is 0. The molecule has 0 atom stereocenters. The minimum absolute atomic E-state index is 0.148. The van der Waals surface area contributed by atoms with Gasteiger partial charge in [-0.2, -0.15) is 0 Å². The molecule has 1 amide bonds. The standard InChI is InChI=1S/C13H18BrN3OS/c1-8(2)6-17(7-12(15)18)11-4-3-9(14)5-10(11)13(16)19/h3-5,8H,6-7H2,1-2H3,(H2,15,18)(H2,16,19). The Morgan fingerprint density at radius 3 is 2.53 bits per heavy atom. The fourth-order valence-electron chi connectivity index (χ4n) is 1.86. The molecule has 0 saturated carbocycles. The number of amides is 1. The second-order valence-corrected chi connectivity index (χ2v) is 6.12. The molecule has 0 aromatic heterocycles. The molecule has 6 heteroatoms. The number of primary amides is 1. The number of hydrogen-bond acceptors (Lipinski definition) is 3. The predicted molar refractivity (Wildman–Crippen MR) is 86.3 cm³/mol. The summed E-state index contributed by atoms with van der Waals surface area (Å²) in [5.41, 5.74) is 12.6. The molecule has 0 heterocycles. The maximum atomic E-state index is 11.2. The number of thiocarbonyl (C=S) groups is 1. The molecule has 0 unspecified atom stereocenters. The van der Waals surface area contributed by atoms with Gasteiger partial charge in [-0.15, -0.1) is 0 Å². The second kappa shape index (κ2) is 6.86. The number of hydrogen-bond donors (Lipinski definition) is 2. The first kappa shape index (κ1) is 15.9. The highest BCUT2D eigenvalue weighted by Crippen LogP contribution is 2.25. The lowest BCUT2D eigenvalue weighted by atomic mass is 10.1. The molecule has 0 bridgehead atoms. The van der Waals surface area contributed by atoms with E-state index in [4.69, 9.17) is 23.7 Å². The number of halogens is 1. The normalized spacial score (nSPS) is 10.5. The van der Waals surface area contributed by atoms with E-state index < -0.39 is 0 Å². The number of rotatable bonds is 6. The molecule has 19 heavy (non-hydrogen) atoms. The van der Waals surface area contributed by atoms with E-state index in [-0.39, 0.29) is 12.5 Å². The zero-order chi connectivity index (χ0) is 14.6. The highest BCUT2D eigenvalue weighted by molar-refractivity contribution is 9.10. The van der Waals surface area contributed by atoms with Crippen LogP contribution in [0.5, 0.6) is 0 Å². The second-order valence-electron chi connectivity index (χ2n) is 4.77. The van der Waals surface area contributed by atoms with Crippen LogP contribution in [0.15, 0.2) is 22.7 Å². The topological polar surface area (TPSA) is 72.3 Å².